The Labute approximate surface area is 123 Å². The number of aryl methyl sites for hydroxylation is 2. The van der Waals surface area contributed by atoms with Crippen molar-refractivity contribution in [2.24, 2.45) is 0 Å². The summed E-state index contributed by atoms with van der Waals surface area (Å²) in [5.41, 5.74) is 1.30. The molecule has 104 valence electrons. The fraction of sp³-hybridized carbons (Fsp3) is 0.571. The van der Waals surface area contributed by atoms with E-state index in [4.69, 9.17) is 9.97 Å². The number of thioether (sulfide) groups is 1. The fourth-order valence-electron chi connectivity index (χ4n) is 1.89. The minimum Gasteiger partial charge on any atom is -0.370 e. The minimum atomic E-state index is 0.605. The van der Waals surface area contributed by atoms with Gasteiger partial charge in [-0.2, -0.15) is 11.8 Å². The SMILES string of the molecule is CCNc1nc(CSC(C)C)nc2sc(C)c(C)c12. The van der Waals surface area contributed by atoms with E-state index in [9.17, 15) is 0 Å². The summed E-state index contributed by atoms with van der Waals surface area (Å²) < 4.78 is 0. The molecule has 0 amide bonds. The summed E-state index contributed by atoms with van der Waals surface area (Å²) in [6.07, 6.45) is 0. The summed E-state index contributed by atoms with van der Waals surface area (Å²) in [4.78, 5) is 11.9. The number of fused-ring (bicyclic) bond motifs is 1. The molecule has 2 aromatic heterocycles. The van der Waals surface area contributed by atoms with Crippen LogP contribution in [0.5, 0.6) is 0 Å². The van der Waals surface area contributed by atoms with Gasteiger partial charge in [0.2, 0.25) is 0 Å². The number of thiophene rings is 1. The van der Waals surface area contributed by atoms with E-state index < -0.39 is 0 Å². The summed E-state index contributed by atoms with van der Waals surface area (Å²) in [5.74, 6) is 2.80. The van der Waals surface area contributed by atoms with Crippen LogP contribution in [0.3, 0.4) is 0 Å². The molecule has 0 saturated carbocycles. The van der Waals surface area contributed by atoms with Crippen LogP contribution in [0.1, 0.15) is 37.0 Å². The van der Waals surface area contributed by atoms with Crippen molar-refractivity contribution in [2.75, 3.05) is 11.9 Å². The molecule has 0 aromatic carbocycles. The fourth-order valence-corrected chi connectivity index (χ4v) is 3.55. The number of rotatable bonds is 5. The molecule has 0 aliphatic rings. The maximum atomic E-state index is 4.72. The molecule has 0 saturated heterocycles. The van der Waals surface area contributed by atoms with Crippen molar-refractivity contribution in [2.45, 2.75) is 45.6 Å². The zero-order valence-electron chi connectivity index (χ0n) is 12.2. The largest absolute Gasteiger partial charge is 0.370 e. The van der Waals surface area contributed by atoms with Crippen LogP contribution in [-0.4, -0.2) is 21.8 Å². The van der Waals surface area contributed by atoms with E-state index in [-0.39, 0.29) is 0 Å². The molecular weight excluding hydrogens is 274 g/mol. The number of hydrogen-bond acceptors (Lipinski definition) is 5. The van der Waals surface area contributed by atoms with E-state index in [1.165, 1.54) is 15.8 Å². The number of hydrogen-bond donors (Lipinski definition) is 1. The van der Waals surface area contributed by atoms with Crippen molar-refractivity contribution in [1.82, 2.24) is 9.97 Å². The van der Waals surface area contributed by atoms with Gasteiger partial charge in [0.25, 0.3) is 0 Å². The van der Waals surface area contributed by atoms with E-state index in [1.54, 1.807) is 11.3 Å². The molecule has 2 rings (SSSR count). The number of nitrogens with one attached hydrogen (secondary N) is 1. The van der Waals surface area contributed by atoms with Crippen LogP contribution < -0.4 is 5.32 Å². The highest BCUT2D eigenvalue weighted by Crippen LogP contribution is 2.33. The Bertz CT molecular complexity index is 576. The van der Waals surface area contributed by atoms with Crippen LogP contribution in [0.2, 0.25) is 0 Å². The van der Waals surface area contributed by atoms with Gasteiger partial charge in [0.1, 0.15) is 16.5 Å². The van der Waals surface area contributed by atoms with Crippen molar-refractivity contribution in [1.29, 1.82) is 0 Å². The molecule has 0 aliphatic carbocycles. The van der Waals surface area contributed by atoms with Gasteiger partial charge in [0.05, 0.1) is 11.1 Å². The van der Waals surface area contributed by atoms with Crippen molar-refractivity contribution >= 4 is 39.1 Å². The van der Waals surface area contributed by atoms with Crippen molar-refractivity contribution in [3.63, 3.8) is 0 Å². The Kier molecular flexibility index (Phi) is 4.68. The van der Waals surface area contributed by atoms with Crippen LogP contribution >= 0.6 is 23.1 Å². The number of anilines is 1. The lowest BCUT2D eigenvalue weighted by molar-refractivity contribution is 1.04. The summed E-state index contributed by atoms with van der Waals surface area (Å²) in [7, 11) is 0. The molecule has 19 heavy (non-hydrogen) atoms. The monoisotopic (exact) mass is 295 g/mol. The normalized spacial score (nSPS) is 11.5. The molecule has 0 radical (unpaired) electrons. The summed E-state index contributed by atoms with van der Waals surface area (Å²) in [5, 5.41) is 5.18. The van der Waals surface area contributed by atoms with E-state index in [2.05, 4.69) is 39.9 Å². The number of nitrogens with zero attached hydrogens (tertiary/aromatic N) is 2. The molecular formula is C14H21N3S2. The third kappa shape index (κ3) is 3.20. The van der Waals surface area contributed by atoms with E-state index in [1.807, 2.05) is 11.8 Å². The highest BCUT2D eigenvalue weighted by Gasteiger charge is 2.14. The molecule has 0 unspecified atom stereocenters. The van der Waals surface area contributed by atoms with Crippen LogP contribution in [0.15, 0.2) is 0 Å². The number of aromatic nitrogens is 2. The predicted molar refractivity (Wildman–Crippen MR) is 87.5 cm³/mol. The Morgan fingerprint density at radius 1 is 1.26 bits per heavy atom. The molecule has 0 spiro atoms. The summed E-state index contributed by atoms with van der Waals surface area (Å²) in [6, 6.07) is 0. The van der Waals surface area contributed by atoms with Crippen LogP contribution in [0.25, 0.3) is 10.2 Å². The zero-order valence-corrected chi connectivity index (χ0v) is 13.8. The van der Waals surface area contributed by atoms with Gasteiger partial charge < -0.3 is 5.32 Å². The van der Waals surface area contributed by atoms with Gasteiger partial charge in [0.15, 0.2) is 0 Å². The van der Waals surface area contributed by atoms with Crippen LogP contribution in [-0.2, 0) is 5.75 Å². The lowest BCUT2D eigenvalue weighted by Crippen LogP contribution is -2.04. The smallest absolute Gasteiger partial charge is 0.142 e. The maximum Gasteiger partial charge on any atom is 0.142 e. The van der Waals surface area contributed by atoms with Gasteiger partial charge in [-0.1, -0.05) is 13.8 Å². The van der Waals surface area contributed by atoms with Crippen molar-refractivity contribution in [3.8, 4) is 0 Å². The topological polar surface area (TPSA) is 37.8 Å². The first-order valence-electron chi connectivity index (χ1n) is 6.65. The third-order valence-corrected chi connectivity index (χ3v) is 5.16. The molecule has 0 fully saturated rings. The second kappa shape index (κ2) is 6.09. The van der Waals surface area contributed by atoms with Crippen LogP contribution in [0.4, 0.5) is 5.82 Å². The van der Waals surface area contributed by atoms with E-state index >= 15 is 0 Å². The standard InChI is InChI=1S/C14H21N3S2/c1-6-15-13-12-9(4)10(5)19-14(12)17-11(16-13)7-18-8(2)3/h8H,6-7H2,1-5H3,(H,15,16,17). The Morgan fingerprint density at radius 2 is 2.00 bits per heavy atom. The summed E-state index contributed by atoms with van der Waals surface area (Å²) in [6.45, 7) is 11.7. The quantitative estimate of drug-likeness (QED) is 0.888. The Balaban J connectivity index is 2.45. The highest BCUT2D eigenvalue weighted by molar-refractivity contribution is 7.99. The second-order valence-corrected chi connectivity index (χ2v) is 7.61. The van der Waals surface area contributed by atoms with E-state index in [0.717, 1.165) is 28.8 Å². The van der Waals surface area contributed by atoms with Gasteiger partial charge in [-0.25, -0.2) is 9.97 Å². The zero-order chi connectivity index (χ0) is 14.0. The Hall–Kier alpha value is -0.810. The first-order valence-corrected chi connectivity index (χ1v) is 8.51. The van der Waals surface area contributed by atoms with E-state index in [0.29, 0.717) is 5.25 Å². The molecule has 0 bridgehead atoms. The average Bonchev–Trinajstić information content (AvgIpc) is 2.63. The Morgan fingerprint density at radius 3 is 2.63 bits per heavy atom. The van der Waals surface area contributed by atoms with Gasteiger partial charge in [-0.15, -0.1) is 11.3 Å². The lowest BCUT2D eigenvalue weighted by atomic mass is 10.2. The lowest BCUT2D eigenvalue weighted by Gasteiger charge is -2.09. The predicted octanol–water partition coefficient (Wildman–Crippen LogP) is 4.38. The maximum absolute atomic E-state index is 4.72. The average molecular weight is 295 g/mol. The van der Waals surface area contributed by atoms with Crippen molar-refractivity contribution in [3.05, 3.63) is 16.3 Å². The van der Waals surface area contributed by atoms with Crippen LogP contribution in [0, 0.1) is 13.8 Å². The minimum absolute atomic E-state index is 0.605. The molecule has 1 N–H and O–H groups in total. The molecule has 2 aromatic rings. The molecule has 5 heteroatoms. The molecule has 2 heterocycles. The summed E-state index contributed by atoms with van der Waals surface area (Å²) >= 11 is 3.65. The van der Waals surface area contributed by atoms with Gasteiger partial charge in [-0.3, -0.25) is 0 Å². The van der Waals surface area contributed by atoms with Gasteiger partial charge >= 0.3 is 0 Å². The van der Waals surface area contributed by atoms with Gasteiger partial charge in [0, 0.05) is 11.4 Å². The molecule has 0 aliphatic heterocycles. The second-order valence-electron chi connectivity index (χ2n) is 4.84. The highest BCUT2D eigenvalue weighted by atomic mass is 32.2. The van der Waals surface area contributed by atoms with Gasteiger partial charge in [-0.05, 0) is 31.6 Å². The third-order valence-electron chi connectivity index (χ3n) is 2.96. The first-order chi connectivity index (χ1) is 9.02. The molecule has 0 atom stereocenters. The van der Waals surface area contributed by atoms with Crippen molar-refractivity contribution < 1.29 is 0 Å². The molecule has 3 nitrogen and oxygen atoms in total. The first kappa shape index (κ1) is 14.6.